The van der Waals surface area contributed by atoms with Gasteiger partial charge in [-0.2, -0.15) is 0 Å². The zero-order valence-corrected chi connectivity index (χ0v) is 13.5. The Balaban J connectivity index is 2.00. The number of nitrogens with zero attached hydrogens (tertiary/aromatic N) is 2. The van der Waals surface area contributed by atoms with Gasteiger partial charge in [0, 0.05) is 25.7 Å². The lowest BCUT2D eigenvalue weighted by Gasteiger charge is -2.43. The van der Waals surface area contributed by atoms with E-state index in [0.29, 0.717) is 11.9 Å². The maximum absolute atomic E-state index is 12.8. The maximum Gasteiger partial charge on any atom is 0.239 e. The van der Waals surface area contributed by atoms with Crippen LogP contribution in [-0.2, 0) is 9.53 Å². The lowest BCUT2D eigenvalue weighted by atomic mass is 9.98. The van der Waals surface area contributed by atoms with Crippen LogP contribution in [0.2, 0.25) is 0 Å². The smallest absolute Gasteiger partial charge is 0.239 e. The Kier molecular flexibility index (Phi) is 5.08. The van der Waals surface area contributed by atoms with Gasteiger partial charge in [0.25, 0.3) is 0 Å². The quantitative estimate of drug-likeness (QED) is 0.796. The molecule has 0 saturated carbocycles. The number of amides is 1. The molecule has 0 aliphatic carbocycles. The van der Waals surface area contributed by atoms with Crippen molar-refractivity contribution in [2.45, 2.75) is 71.1 Å². The number of rotatable bonds is 3. The first-order valence-corrected chi connectivity index (χ1v) is 8.13. The highest BCUT2D eigenvalue weighted by Gasteiger charge is 2.35. The van der Waals surface area contributed by atoms with Crippen LogP contribution in [0.3, 0.4) is 0 Å². The molecule has 0 bridgehead atoms. The number of carbonyl (C=O) groups is 1. The van der Waals surface area contributed by atoms with Gasteiger partial charge in [0.2, 0.25) is 5.91 Å². The summed E-state index contributed by atoms with van der Waals surface area (Å²) in [6.07, 6.45) is 4.67. The first-order chi connectivity index (χ1) is 9.44. The third-order valence-electron chi connectivity index (χ3n) is 4.74. The summed E-state index contributed by atoms with van der Waals surface area (Å²) >= 11 is 0. The molecule has 2 heterocycles. The van der Waals surface area contributed by atoms with E-state index in [1.165, 1.54) is 12.8 Å². The lowest BCUT2D eigenvalue weighted by molar-refractivity contribution is -0.147. The van der Waals surface area contributed by atoms with Gasteiger partial charge in [-0.05, 0) is 46.5 Å². The molecular weight excluding hydrogens is 252 g/mol. The normalized spacial score (nSPS) is 29.2. The van der Waals surface area contributed by atoms with Gasteiger partial charge < -0.3 is 9.64 Å². The summed E-state index contributed by atoms with van der Waals surface area (Å²) in [5.41, 5.74) is -0.140. The number of likely N-dealkylation sites (tertiary alicyclic amines) is 1. The van der Waals surface area contributed by atoms with E-state index < -0.39 is 0 Å². The third kappa shape index (κ3) is 3.53. The van der Waals surface area contributed by atoms with Crippen LogP contribution < -0.4 is 0 Å². The molecule has 0 spiro atoms. The van der Waals surface area contributed by atoms with Gasteiger partial charge in [-0.3, -0.25) is 9.69 Å². The van der Waals surface area contributed by atoms with Crippen LogP contribution in [0, 0.1) is 0 Å². The summed E-state index contributed by atoms with van der Waals surface area (Å²) in [6.45, 7) is 11.8. The third-order valence-corrected chi connectivity index (χ3v) is 4.74. The summed E-state index contributed by atoms with van der Waals surface area (Å²) in [4.78, 5) is 17.2. The predicted octanol–water partition coefficient (Wildman–Crippen LogP) is 2.28. The topological polar surface area (TPSA) is 32.8 Å². The van der Waals surface area contributed by atoms with Crippen molar-refractivity contribution in [3.8, 4) is 0 Å². The zero-order chi connectivity index (χ0) is 14.8. The molecule has 116 valence electrons. The van der Waals surface area contributed by atoms with Crippen LogP contribution in [0.25, 0.3) is 0 Å². The number of hydrogen-bond donors (Lipinski definition) is 0. The Morgan fingerprint density at radius 3 is 2.75 bits per heavy atom. The molecule has 0 aromatic carbocycles. The maximum atomic E-state index is 12.8. The first kappa shape index (κ1) is 15.8. The minimum atomic E-state index is -0.140. The van der Waals surface area contributed by atoms with Crippen LogP contribution in [-0.4, -0.2) is 59.6 Å². The molecule has 0 aromatic rings. The fraction of sp³-hybridized carbons (Fsp3) is 0.938. The molecule has 4 heteroatoms. The Hall–Kier alpha value is -0.610. The Morgan fingerprint density at radius 1 is 1.35 bits per heavy atom. The average Bonchev–Trinajstić information content (AvgIpc) is 2.44. The zero-order valence-electron chi connectivity index (χ0n) is 13.5. The van der Waals surface area contributed by atoms with Crippen LogP contribution in [0.1, 0.15) is 53.4 Å². The van der Waals surface area contributed by atoms with Gasteiger partial charge in [0.15, 0.2) is 0 Å². The Labute approximate surface area is 123 Å². The molecule has 0 aromatic heterocycles. The van der Waals surface area contributed by atoms with Gasteiger partial charge in [0.05, 0.1) is 18.2 Å². The molecule has 0 N–H and O–H groups in total. The number of carbonyl (C=O) groups excluding carboxylic acids is 1. The minimum Gasteiger partial charge on any atom is -0.373 e. The molecule has 2 saturated heterocycles. The van der Waals surface area contributed by atoms with E-state index in [9.17, 15) is 4.79 Å². The Morgan fingerprint density at radius 2 is 2.10 bits per heavy atom. The number of morpholine rings is 1. The van der Waals surface area contributed by atoms with E-state index in [0.717, 1.165) is 39.1 Å². The minimum absolute atomic E-state index is 0.0228. The highest BCUT2D eigenvalue weighted by Crippen LogP contribution is 2.23. The first-order valence-electron chi connectivity index (χ1n) is 8.13. The number of hydrogen-bond acceptors (Lipinski definition) is 3. The molecule has 2 aliphatic heterocycles. The van der Waals surface area contributed by atoms with Gasteiger partial charge in [-0.1, -0.05) is 6.92 Å². The van der Waals surface area contributed by atoms with Gasteiger partial charge in [0.1, 0.15) is 0 Å². The lowest BCUT2D eigenvalue weighted by Crippen LogP contribution is -2.57. The summed E-state index contributed by atoms with van der Waals surface area (Å²) in [6, 6.07) is 0.429. The van der Waals surface area contributed by atoms with E-state index >= 15 is 0 Å². The van der Waals surface area contributed by atoms with Crippen LogP contribution >= 0.6 is 0 Å². The SMILES string of the molecule is CCC1CCCCN1C(=O)C(C)N1CCOC(C)(C)C1. The van der Waals surface area contributed by atoms with Crippen LogP contribution in [0.5, 0.6) is 0 Å². The van der Waals surface area contributed by atoms with Crippen LogP contribution in [0.4, 0.5) is 0 Å². The molecule has 1 amide bonds. The van der Waals surface area contributed by atoms with Crippen molar-refractivity contribution in [3.05, 3.63) is 0 Å². The molecule has 2 rings (SSSR count). The van der Waals surface area contributed by atoms with Crippen molar-refractivity contribution >= 4 is 5.91 Å². The molecular formula is C16H30N2O2. The monoisotopic (exact) mass is 282 g/mol. The highest BCUT2D eigenvalue weighted by atomic mass is 16.5. The molecule has 20 heavy (non-hydrogen) atoms. The Bertz CT molecular complexity index is 343. The summed E-state index contributed by atoms with van der Waals surface area (Å²) < 4.78 is 5.75. The summed E-state index contributed by atoms with van der Waals surface area (Å²) in [5, 5.41) is 0. The molecule has 0 radical (unpaired) electrons. The second-order valence-corrected chi connectivity index (χ2v) is 6.84. The highest BCUT2D eigenvalue weighted by molar-refractivity contribution is 5.82. The fourth-order valence-corrected chi connectivity index (χ4v) is 3.49. The fourth-order valence-electron chi connectivity index (χ4n) is 3.49. The van der Waals surface area contributed by atoms with Crippen LogP contribution in [0.15, 0.2) is 0 Å². The van der Waals surface area contributed by atoms with E-state index in [2.05, 4.69) is 37.5 Å². The van der Waals surface area contributed by atoms with Crippen molar-refractivity contribution in [1.82, 2.24) is 9.80 Å². The molecule has 2 unspecified atom stereocenters. The van der Waals surface area contributed by atoms with Gasteiger partial charge >= 0.3 is 0 Å². The van der Waals surface area contributed by atoms with Gasteiger partial charge in [-0.25, -0.2) is 0 Å². The van der Waals surface area contributed by atoms with Crippen molar-refractivity contribution < 1.29 is 9.53 Å². The summed E-state index contributed by atoms with van der Waals surface area (Å²) in [7, 11) is 0. The summed E-state index contributed by atoms with van der Waals surface area (Å²) in [5.74, 6) is 0.314. The van der Waals surface area contributed by atoms with E-state index in [1.54, 1.807) is 0 Å². The van der Waals surface area contributed by atoms with Crippen molar-refractivity contribution in [1.29, 1.82) is 0 Å². The van der Waals surface area contributed by atoms with E-state index in [1.807, 2.05) is 0 Å². The molecule has 2 atom stereocenters. The largest absolute Gasteiger partial charge is 0.373 e. The number of ether oxygens (including phenoxy) is 1. The second-order valence-electron chi connectivity index (χ2n) is 6.84. The standard InChI is InChI=1S/C16H30N2O2/c1-5-14-8-6-7-9-18(14)15(19)13(2)17-10-11-20-16(3,4)12-17/h13-14H,5-12H2,1-4H3. The second kappa shape index (κ2) is 6.44. The van der Waals surface area contributed by atoms with Crippen molar-refractivity contribution in [3.63, 3.8) is 0 Å². The molecule has 2 aliphatic rings. The van der Waals surface area contributed by atoms with E-state index in [-0.39, 0.29) is 11.6 Å². The number of piperidine rings is 1. The van der Waals surface area contributed by atoms with E-state index in [4.69, 9.17) is 4.74 Å². The van der Waals surface area contributed by atoms with Gasteiger partial charge in [-0.15, -0.1) is 0 Å². The average molecular weight is 282 g/mol. The predicted molar refractivity (Wildman–Crippen MR) is 80.7 cm³/mol. The molecule has 4 nitrogen and oxygen atoms in total. The van der Waals surface area contributed by atoms with Crippen molar-refractivity contribution in [2.75, 3.05) is 26.2 Å². The molecule has 2 fully saturated rings. The van der Waals surface area contributed by atoms with Crippen molar-refractivity contribution in [2.24, 2.45) is 0 Å².